The van der Waals surface area contributed by atoms with Gasteiger partial charge in [-0.3, -0.25) is 0 Å². The van der Waals surface area contributed by atoms with Crippen molar-refractivity contribution >= 4 is 11.8 Å². The number of aryl methyl sites for hydroxylation is 1. The number of thioether (sulfide) groups is 1. The van der Waals surface area contributed by atoms with Crippen LogP contribution in [0.25, 0.3) is 0 Å². The van der Waals surface area contributed by atoms with Crippen LogP contribution in [0.2, 0.25) is 0 Å². The van der Waals surface area contributed by atoms with Gasteiger partial charge in [0.2, 0.25) is 0 Å². The molecule has 0 radical (unpaired) electrons. The Labute approximate surface area is 105 Å². The molecule has 3 heteroatoms. The van der Waals surface area contributed by atoms with E-state index in [1.807, 2.05) is 24.8 Å². The summed E-state index contributed by atoms with van der Waals surface area (Å²) in [6.07, 6.45) is 3.75. The third-order valence-electron chi connectivity index (χ3n) is 3.95. The molecular weight excluding hydrogens is 235 g/mol. The van der Waals surface area contributed by atoms with Gasteiger partial charge in [-0.25, -0.2) is 4.39 Å². The van der Waals surface area contributed by atoms with Crippen LogP contribution in [0.1, 0.15) is 36.8 Å². The van der Waals surface area contributed by atoms with Crippen molar-refractivity contribution in [3.63, 3.8) is 0 Å². The van der Waals surface area contributed by atoms with Gasteiger partial charge in [0.15, 0.2) is 0 Å². The summed E-state index contributed by atoms with van der Waals surface area (Å²) in [6.45, 7) is 1.94. The van der Waals surface area contributed by atoms with Crippen LogP contribution in [0, 0.1) is 12.7 Å². The van der Waals surface area contributed by atoms with Gasteiger partial charge in [-0.05, 0) is 38.7 Å². The smallest absolute Gasteiger partial charge is 0.129 e. The molecule has 0 aliphatic carbocycles. The number of hydrogen-bond donors (Lipinski definition) is 1. The summed E-state index contributed by atoms with van der Waals surface area (Å²) >= 11 is 1.98. The van der Waals surface area contributed by atoms with Gasteiger partial charge in [-0.15, -0.1) is 0 Å². The fourth-order valence-electron chi connectivity index (χ4n) is 3.13. The largest absolute Gasteiger partial charge is 0.385 e. The van der Waals surface area contributed by atoms with Crippen LogP contribution in [0.5, 0.6) is 0 Å². The monoisotopic (exact) mass is 252 g/mol. The van der Waals surface area contributed by atoms with Crippen molar-refractivity contribution in [2.24, 2.45) is 0 Å². The van der Waals surface area contributed by atoms with Crippen LogP contribution in [0.3, 0.4) is 0 Å². The predicted molar refractivity (Wildman–Crippen MR) is 68.7 cm³/mol. The van der Waals surface area contributed by atoms with E-state index < -0.39 is 5.60 Å². The van der Waals surface area contributed by atoms with E-state index in [0.29, 0.717) is 28.9 Å². The first-order valence-corrected chi connectivity index (χ1v) is 7.15. The maximum absolute atomic E-state index is 13.9. The molecule has 0 saturated carbocycles. The number of benzene rings is 1. The first kappa shape index (κ1) is 11.5. The molecule has 1 nitrogen and oxygen atoms in total. The van der Waals surface area contributed by atoms with Crippen molar-refractivity contribution < 1.29 is 9.50 Å². The molecule has 1 aromatic rings. The first-order chi connectivity index (χ1) is 8.07. The summed E-state index contributed by atoms with van der Waals surface area (Å²) in [6, 6.07) is 5.05. The number of halogens is 1. The van der Waals surface area contributed by atoms with Gasteiger partial charge in [0.05, 0.1) is 5.60 Å². The lowest BCUT2D eigenvalue weighted by molar-refractivity contribution is 0.0162. The third kappa shape index (κ3) is 2.00. The van der Waals surface area contributed by atoms with Gasteiger partial charge < -0.3 is 5.11 Å². The second-order valence-electron chi connectivity index (χ2n) is 5.38. The van der Waals surface area contributed by atoms with E-state index in [2.05, 4.69) is 0 Å². The standard InChI is InChI=1S/C14H17FOS/c1-9-2-5-13(15)12(6-9)14(16)7-10-3-4-11(8-14)17-10/h2,5-6,10-11,16H,3-4,7-8H2,1H3. The topological polar surface area (TPSA) is 20.2 Å². The van der Waals surface area contributed by atoms with E-state index in [1.165, 1.54) is 18.9 Å². The van der Waals surface area contributed by atoms with Gasteiger partial charge >= 0.3 is 0 Å². The van der Waals surface area contributed by atoms with Gasteiger partial charge in [-0.1, -0.05) is 17.7 Å². The average Bonchev–Trinajstić information content (AvgIpc) is 2.62. The molecule has 1 N–H and O–H groups in total. The Kier molecular flexibility index (Phi) is 2.71. The lowest BCUT2D eigenvalue weighted by Crippen LogP contribution is -2.35. The molecule has 2 aliphatic rings. The molecule has 2 atom stereocenters. The molecule has 2 fully saturated rings. The van der Waals surface area contributed by atoms with E-state index in [0.717, 1.165) is 5.56 Å². The molecule has 2 aliphatic heterocycles. The van der Waals surface area contributed by atoms with Crippen molar-refractivity contribution in [1.29, 1.82) is 0 Å². The zero-order chi connectivity index (χ0) is 12.0. The quantitative estimate of drug-likeness (QED) is 0.827. The minimum atomic E-state index is -0.937. The summed E-state index contributed by atoms with van der Waals surface area (Å²) in [7, 11) is 0. The highest BCUT2D eigenvalue weighted by molar-refractivity contribution is 8.00. The highest BCUT2D eigenvalue weighted by Gasteiger charge is 2.45. The third-order valence-corrected chi connectivity index (χ3v) is 5.52. The summed E-state index contributed by atoms with van der Waals surface area (Å²) in [5, 5.41) is 11.8. The Bertz CT molecular complexity index is 434. The summed E-state index contributed by atoms with van der Waals surface area (Å²) in [5.74, 6) is -0.260. The first-order valence-electron chi connectivity index (χ1n) is 6.21. The van der Waals surface area contributed by atoms with Crippen LogP contribution < -0.4 is 0 Å². The van der Waals surface area contributed by atoms with Gasteiger partial charge in [-0.2, -0.15) is 11.8 Å². The summed E-state index contributed by atoms with van der Waals surface area (Å²) in [5.41, 5.74) is 0.586. The summed E-state index contributed by atoms with van der Waals surface area (Å²) < 4.78 is 13.9. The van der Waals surface area contributed by atoms with Crippen molar-refractivity contribution in [2.75, 3.05) is 0 Å². The van der Waals surface area contributed by atoms with E-state index in [1.54, 1.807) is 6.07 Å². The molecule has 0 amide bonds. The van der Waals surface area contributed by atoms with E-state index in [-0.39, 0.29) is 5.82 Å². The Balaban J connectivity index is 1.99. The number of aliphatic hydroxyl groups is 1. The highest BCUT2D eigenvalue weighted by atomic mass is 32.2. The Morgan fingerprint density at radius 3 is 2.59 bits per heavy atom. The Morgan fingerprint density at radius 1 is 1.29 bits per heavy atom. The van der Waals surface area contributed by atoms with Gasteiger partial charge in [0, 0.05) is 16.1 Å². The maximum atomic E-state index is 13.9. The predicted octanol–water partition coefficient (Wildman–Crippen LogP) is 3.38. The molecule has 3 rings (SSSR count). The van der Waals surface area contributed by atoms with Crippen LogP contribution in [-0.4, -0.2) is 15.6 Å². The van der Waals surface area contributed by atoms with Crippen molar-refractivity contribution in [3.05, 3.63) is 35.1 Å². The van der Waals surface area contributed by atoms with Gasteiger partial charge in [0.25, 0.3) is 0 Å². The molecule has 17 heavy (non-hydrogen) atoms. The Morgan fingerprint density at radius 2 is 1.94 bits per heavy atom. The van der Waals surface area contributed by atoms with Crippen molar-refractivity contribution in [2.45, 2.75) is 48.7 Å². The highest BCUT2D eigenvalue weighted by Crippen LogP contribution is 2.51. The number of fused-ring (bicyclic) bond motifs is 2. The SMILES string of the molecule is Cc1ccc(F)c(C2(O)CC3CCC(C2)S3)c1. The summed E-state index contributed by atoms with van der Waals surface area (Å²) in [4.78, 5) is 0. The minimum absolute atomic E-state index is 0.260. The van der Waals surface area contributed by atoms with E-state index in [9.17, 15) is 9.50 Å². The molecule has 0 spiro atoms. The fourth-order valence-corrected chi connectivity index (χ4v) is 4.97. The zero-order valence-electron chi connectivity index (χ0n) is 9.95. The van der Waals surface area contributed by atoms with Crippen LogP contribution in [0.15, 0.2) is 18.2 Å². The second-order valence-corrected chi connectivity index (χ2v) is 6.99. The normalized spacial score (nSPS) is 36.2. The van der Waals surface area contributed by atoms with E-state index >= 15 is 0 Å². The molecular formula is C14H17FOS. The van der Waals surface area contributed by atoms with Gasteiger partial charge in [0.1, 0.15) is 5.82 Å². The lowest BCUT2D eigenvalue weighted by Gasteiger charge is -2.36. The number of hydrogen-bond acceptors (Lipinski definition) is 2. The molecule has 0 aromatic heterocycles. The minimum Gasteiger partial charge on any atom is -0.385 e. The lowest BCUT2D eigenvalue weighted by atomic mass is 9.85. The maximum Gasteiger partial charge on any atom is 0.129 e. The Hall–Kier alpha value is -0.540. The molecule has 2 bridgehead atoms. The molecule has 92 valence electrons. The fraction of sp³-hybridized carbons (Fsp3) is 0.571. The van der Waals surface area contributed by atoms with E-state index in [4.69, 9.17) is 0 Å². The number of rotatable bonds is 1. The van der Waals surface area contributed by atoms with Crippen molar-refractivity contribution in [1.82, 2.24) is 0 Å². The average molecular weight is 252 g/mol. The second kappa shape index (κ2) is 3.99. The molecule has 1 aromatic carbocycles. The molecule has 2 heterocycles. The zero-order valence-corrected chi connectivity index (χ0v) is 10.8. The van der Waals surface area contributed by atoms with Crippen LogP contribution >= 0.6 is 11.8 Å². The van der Waals surface area contributed by atoms with Crippen LogP contribution in [-0.2, 0) is 5.60 Å². The van der Waals surface area contributed by atoms with Crippen molar-refractivity contribution in [3.8, 4) is 0 Å². The molecule has 2 unspecified atom stereocenters. The van der Waals surface area contributed by atoms with Crippen LogP contribution in [0.4, 0.5) is 4.39 Å². The molecule has 2 saturated heterocycles.